The van der Waals surface area contributed by atoms with Gasteiger partial charge in [-0.3, -0.25) is 4.79 Å². The van der Waals surface area contributed by atoms with Crippen LogP contribution in [0.5, 0.6) is 0 Å². The number of benzene rings is 2. The van der Waals surface area contributed by atoms with E-state index in [1.165, 1.54) is 11.1 Å². The SMILES string of the molecule is CCOC(=O)c1cc(-c2ccc(C)cc2)n(CCC(=O)NCc2ccc(C)cc2)c1C. The molecule has 1 heterocycles. The van der Waals surface area contributed by atoms with Crippen LogP contribution in [-0.2, 0) is 22.6 Å². The molecule has 3 aromatic rings. The normalized spacial score (nSPS) is 10.7. The van der Waals surface area contributed by atoms with Crippen LogP contribution in [0.15, 0.2) is 54.6 Å². The van der Waals surface area contributed by atoms with Crippen molar-refractivity contribution in [2.75, 3.05) is 6.61 Å². The second kappa shape index (κ2) is 10.1. The fourth-order valence-corrected chi connectivity index (χ4v) is 3.52. The lowest BCUT2D eigenvalue weighted by Crippen LogP contribution is -2.24. The Bertz CT molecular complexity index is 1050. The Morgan fingerprint density at radius 2 is 1.55 bits per heavy atom. The third-order valence-electron chi connectivity index (χ3n) is 5.38. The lowest BCUT2D eigenvalue weighted by molar-refractivity contribution is -0.121. The molecule has 0 atom stereocenters. The topological polar surface area (TPSA) is 60.3 Å². The van der Waals surface area contributed by atoms with Crippen LogP contribution in [0.4, 0.5) is 0 Å². The summed E-state index contributed by atoms with van der Waals surface area (Å²) in [6.45, 7) is 9.08. The second-order valence-electron chi connectivity index (χ2n) is 7.78. The molecule has 1 aromatic heterocycles. The van der Waals surface area contributed by atoms with Crippen LogP contribution in [0.1, 0.15) is 46.1 Å². The zero-order valence-electron chi connectivity index (χ0n) is 18.7. The molecule has 0 bridgehead atoms. The van der Waals surface area contributed by atoms with E-state index in [-0.39, 0.29) is 11.9 Å². The number of carbonyl (C=O) groups is 2. The van der Waals surface area contributed by atoms with E-state index in [1.807, 2.05) is 79.9 Å². The van der Waals surface area contributed by atoms with Gasteiger partial charge in [-0.2, -0.15) is 0 Å². The van der Waals surface area contributed by atoms with E-state index in [1.54, 1.807) is 6.92 Å². The van der Waals surface area contributed by atoms with E-state index in [4.69, 9.17) is 4.74 Å². The Hall–Kier alpha value is -3.34. The number of esters is 1. The van der Waals surface area contributed by atoms with Gasteiger partial charge in [0.25, 0.3) is 0 Å². The molecule has 0 aliphatic carbocycles. The van der Waals surface area contributed by atoms with Crippen molar-refractivity contribution in [2.45, 2.75) is 47.2 Å². The first-order valence-corrected chi connectivity index (χ1v) is 10.7. The molecule has 0 saturated heterocycles. The minimum Gasteiger partial charge on any atom is -0.462 e. The molecule has 0 spiro atoms. The summed E-state index contributed by atoms with van der Waals surface area (Å²) < 4.78 is 7.25. The summed E-state index contributed by atoms with van der Waals surface area (Å²) in [4.78, 5) is 24.9. The predicted molar refractivity (Wildman–Crippen MR) is 123 cm³/mol. The van der Waals surface area contributed by atoms with E-state index in [9.17, 15) is 9.59 Å². The van der Waals surface area contributed by atoms with Crippen molar-refractivity contribution >= 4 is 11.9 Å². The van der Waals surface area contributed by atoms with E-state index >= 15 is 0 Å². The highest BCUT2D eigenvalue weighted by Gasteiger charge is 2.20. The van der Waals surface area contributed by atoms with Crippen LogP contribution in [0.2, 0.25) is 0 Å². The number of aryl methyl sites for hydroxylation is 2. The summed E-state index contributed by atoms with van der Waals surface area (Å²) in [5.41, 5.74) is 6.69. The molecule has 5 heteroatoms. The summed E-state index contributed by atoms with van der Waals surface area (Å²) in [6, 6.07) is 18.1. The van der Waals surface area contributed by atoms with Gasteiger partial charge in [-0.15, -0.1) is 0 Å². The smallest absolute Gasteiger partial charge is 0.339 e. The van der Waals surface area contributed by atoms with Gasteiger partial charge in [0, 0.05) is 30.9 Å². The highest BCUT2D eigenvalue weighted by molar-refractivity contribution is 5.92. The monoisotopic (exact) mass is 418 g/mol. The lowest BCUT2D eigenvalue weighted by Gasteiger charge is -2.13. The average molecular weight is 419 g/mol. The molecule has 1 N–H and O–H groups in total. The number of aromatic nitrogens is 1. The minimum absolute atomic E-state index is 0.0267. The highest BCUT2D eigenvalue weighted by atomic mass is 16.5. The molecule has 0 unspecified atom stereocenters. The number of nitrogens with one attached hydrogen (secondary N) is 1. The zero-order chi connectivity index (χ0) is 22.4. The number of ether oxygens (including phenoxy) is 1. The highest BCUT2D eigenvalue weighted by Crippen LogP contribution is 2.27. The summed E-state index contributed by atoms with van der Waals surface area (Å²) in [5, 5.41) is 2.98. The molecule has 0 aliphatic rings. The van der Waals surface area contributed by atoms with Gasteiger partial charge in [0.2, 0.25) is 5.91 Å². The van der Waals surface area contributed by atoms with Crippen molar-refractivity contribution in [2.24, 2.45) is 0 Å². The molecule has 0 fully saturated rings. The van der Waals surface area contributed by atoms with Gasteiger partial charge in [0.1, 0.15) is 0 Å². The maximum Gasteiger partial charge on any atom is 0.339 e. The first kappa shape index (κ1) is 22.3. The molecule has 5 nitrogen and oxygen atoms in total. The van der Waals surface area contributed by atoms with Gasteiger partial charge in [0.05, 0.1) is 12.2 Å². The van der Waals surface area contributed by atoms with Gasteiger partial charge < -0.3 is 14.6 Å². The number of carbonyl (C=O) groups excluding carboxylic acids is 2. The van der Waals surface area contributed by atoms with Crippen molar-refractivity contribution < 1.29 is 14.3 Å². The van der Waals surface area contributed by atoms with Crippen LogP contribution >= 0.6 is 0 Å². The molecule has 0 radical (unpaired) electrons. The lowest BCUT2D eigenvalue weighted by atomic mass is 10.1. The predicted octanol–water partition coefficient (Wildman–Crippen LogP) is 4.96. The standard InChI is InChI=1S/C26H30N2O3/c1-5-31-26(30)23-16-24(22-12-8-19(3)9-13-22)28(20(23)4)15-14-25(29)27-17-21-10-6-18(2)7-11-21/h6-13,16H,5,14-15,17H2,1-4H3,(H,27,29). The second-order valence-corrected chi connectivity index (χ2v) is 7.78. The van der Waals surface area contributed by atoms with E-state index in [2.05, 4.69) is 5.32 Å². The quantitative estimate of drug-likeness (QED) is 0.526. The number of hydrogen-bond acceptors (Lipinski definition) is 3. The number of amides is 1. The van der Waals surface area contributed by atoms with E-state index < -0.39 is 0 Å². The van der Waals surface area contributed by atoms with Gasteiger partial charge in [-0.25, -0.2) is 4.79 Å². The Morgan fingerprint density at radius 3 is 2.16 bits per heavy atom. The minimum atomic E-state index is -0.337. The molecular formula is C26H30N2O3. The van der Waals surface area contributed by atoms with E-state index in [0.717, 1.165) is 22.5 Å². The largest absolute Gasteiger partial charge is 0.462 e. The molecule has 162 valence electrons. The van der Waals surface area contributed by atoms with Crippen molar-refractivity contribution in [1.29, 1.82) is 0 Å². The van der Waals surface area contributed by atoms with Crippen LogP contribution in [0.3, 0.4) is 0 Å². The average Bonchev–Trinajstić information content (AvgIpc) is 3.09. The fraction of sp³-hybridized carbons (Fsp3) is 0.308. The molecule has 2 aromatic carbocycles. The summed E-state index contributed by atoms with van der Waals surface area (Å²) in [7, 11) is 0. The van der Waals surface area contributed by atoms with Crippen LogP contribution < -0.4 is 5.32 Å². The number of nitrogens with zero attached hydrogens (tertiary/aromatic N) is 1. The third kappa shape index (κ3) is 5.63. The molecule has 0 saturated carbocycles. The van der Waals surface area contributed by atoms with Crippen molar-refractivity contribution in [3.63, 3.8) is 0 Å². The molecule has 31 heavy (non-hydrogen) atoms. The van der Waals surface area contributed by atoms with E-state index in [0.29, 0.717) is 31.7 Å². The zero-order valence-corrected chi connectivity index (χ0v) is 18.7. The summed E-state index contributed by atoms with van der Waals surface area (Å²) in [6.07, 6.45) is 0.322. The Labute approximate surface area is 184 Å². The first-order valence-electron chi connectivity index (χ1n) is 10.7. The molecule has 1 amide bonds. The van der Waals surface area contributed by atoms with Crippen molar-refractivity contribution in [1.82, 2.24) is 9.88 Å². The number of rotatable bonds is 8. The maximum absolute atomic E-state index is 12.5. The Kier molecular flexibility index (Phi) is 7.29. The van der Waals surface area contributed by atoms with Gasteiger partial charge in [-0.05, 0) is 44.9 Å². The summed E-state index contributed by atoms with van der Waals surface area (Å²) in [5.74, 6) is -0.364. The number of hydrogen-bond donors (Lipinski definition) is 1. The van der Waals surface area contributed by atoms with Crippen LogP contribution in [0, 0.1) is 20.8 Å². The third-order valence-corrected chi connectivity index (χ3v) is 5.38. The first-order chi connectivity index (χ1) is 14.9. The van der Waals surface area contributed by atoms with Gasteiger partial charge >= 0.3 is 5.97 Å². The molecule has 3 rings (SSSR count). The fourth-order valence-electron chi connectivity index (χ4n) is 3.52. The van der Waals surface area contributed by atoms with Crippen LogP contribution in [-0.4, -0.2) is 23.1 Å². The molecule has 0 aliphatic heterocycles. The maximum atomic E-state index is 12.5. The van der Waals surface area contributed by atoms with Gasteiger partial charge in [0.15, 0.2) is 0 Å². The Balaban J connectivity index is 1.76. The summed E-state index contributed by atoms with van der Waals surface area (Å²) >= 11 is 0. The van der Waals surface area contributed by atoms with Crippen LogP contribution in [0.25, 0.3) is 11.3 Å². The Morgan fingerprint density at radius 1 is 0.935 bits per heavy atom. The van der Waals surface area contributed by atoms with Crippen molar-refractivity contribution in [3.05, 3.63) is 82.5 Å². The molecular weight excluding hydrogens is 388 g/mol. The van der Waals surface area contributed by atoms with Crippen molar-refractivity contribution in [3.8, 4) is 11.3 Å². The van der Waals surface area contributed by atoms with Gasteiger partial charge in [-0.1, -0.05) is 59.7 Å².